The van der Waals surface area contributed by atoms with Gasteiger partial charge in [0, 0.05) is 28.9 Å². The van der Waals surface area contributed by atoms with Crippen LogP contribution in [0, 0.1) is 0 Å². The highest BCUT2D eigenvalue weighted by molar-refractivity contribution is 5.95. The Morgan fingerprint density at radius 2 is 1.76 bits per heavy atom. The largest absolute Gasteiger partial charge is 0.348 e. The van der Waals surface area contributed by atoms with Gasteiger partial charge in [-0.3, -0.25) is 9.59 Å². The summed E-state index contributed by atoms with van der Waals surface area (Å²) in [5, 5.41) is 6.13. The molecule has 0 saturated heterocycles. The van der Waals surface area contributed by atoms with Crippen molar-refractivity contribution in [3.05, 3.63) is 71.9 Å². The maximum absolute atomic E-state index is 12.7. The number of carbonyl (C=O) groups is 2. The van der Waals surface area contributed by atoms with Gasteiger partial charge in [0.1, 0.15) is 11.5 Å². The van der Waals surface area contributed by atoms with Crippen LogP contribution in [0.2, 0.25) is 0 Å². The highest BCUT2D eigenvalue weighted by atomic mass is 16.2. The highest BCUT2D eigenvalue weighted by Gasteiger charge is 2.15. The number of anilines is 2. The van der Waals surface area contributed by atoms with Crippen molar-refractivity contribution in [2.75, 3.05) is 5.32 Å². The summed E-state index contributed by atoms with van der Waals surface area (Å²) in [5.41, 5.74) is 2.40. The van der Waals surface area contributed by atoms with E-state index in [0.717, 1.165) is 12.0 Å². The van der Waals surface area contributed by atoms with Crippen LogP contribution in [0.5, 0.6) is 0 Å². The van der Waals surface area contributed by atoms with Gasteiger partial charge >= 0.3 is 0 Å². The van der Waals surface area contributed by atoms with Crippen molar-refractivity contribution in [2.24, 2.45) is 0 Å². The van der Waals surface area contributed by atoms with Crippen molar-refractivity contribution in [1.29, 1.82) is 0 Å². The van der Waals surface area contributed by atoms with Crippen molar-refractivity contribution in [2.45, 2.75) is 33.2 Å². The quantitative estimate of drug-likeness (QED) is 0.577. The second-order valence-electron chi connectivity index (χ2n) is 6.87. The van der Waals surface area contributed by atoms with E-state index in [9.17, 15) is 9.59 Å². The first-order chi connectivity index (χ1) is 14.0. The fourth-order valence-electron chi connectivity index (χ4n) is 2.71. The Morgan fingerprint density at radius 3 is 2.45 bits per heavy atom. The number of nitrogens with zero attached hydrogens (tertiary/aromatic N) is 2. The topological polar surface area (TPSA) is 84.0 Å². The molecule has 0 aliphatic carbocycles. The molecule has 0 spiro atoms. The molecule has 1 unspecified atom stereocenters. The molecule has 0 saturated carbocycles. The van der Waals surface area contributed by atoms with Gasteiger partial charge < -0.3 is 10.6 Å². The van der Waals surface area contributed by atoms with E-state index >= 15 is 0 Å². The second kappa shape index (κ2) is 9.10. The lowest BCUT2D eigenvalue weighted by atomic mass is 10.1. The number of carbonyl (C=O) groups excluding carboxylic acids is 2. The molecule has 1 heterocycles. The minimum atomic E-state index is -0.250. The first-order valence-corrected chi connectivity index (χ1v) is 9.59. The minimum absolute atomic E-state index is 0.0186. The number of amides is 1. The van der Waals surface area contributed by atoms with Crippen LogP contribution in [-0.2, 0) is 0 Å². The van der Waals surface area contributed by atoms with E-state index in [1.807, 2.05) is 50.2 Å². The Morgan fingerprint density at radius 1 is 1.00 bits per heavy atom. The molecule has 3 aromatic rings. The van der Waals surface area contributed by atoms with Crippen LogP contribution in [0.3, 0.4) is 0 Å². The lowest BCUT2D eigenvalue weighted by Crippen LogP contribution is -2.32. The normalized spacial score (nSPS) is 11.6. The monoisotopic (exact) mass is 388 g/mol. The number of rotatable bonds is 7. The number of aromatic nitrogens is 2. The third-order valence-corrected chi connectivity index (χ3v) is 4.52. The molecule has 1 atom stereocenters. The van der Waals surface area contributed by atoms with Crippen LogP contribution < -0.4 is 10.6 Å². The summed E-state index contributed by atoms with van der Waals surface area (Å²) in [6, 6.07) is 18.3. The fourth-order valence-corrected chi connectivity index (χ4v) is 2.71. The number of hydrogen-bond donors (Lipinski definition) is 2. The van der Waals surface area contributed by atoms with Gasteiger partial charge in [0.15, 0.2) is 11.6 Å². The van der Waals surface area contributed by atoms with Crippen LogP contribution in [0.4, 0.5) is 11.5 Å². The van der Waals surface area contributed by atoms with Gasteiger partial charge in [0.2, 0.25) is 0 Å². The predicted octanol–water partition coefficient (Wildman–Crippen LogP) is 4.62. The lowest BCUT2D eigenvalue weighted by Gasteiger charge is -2.13. The van der Waals surface area contributed by atoms with Crippen molar-refractivity contribution >= 4 is 23.2 Å². The Hall–Kier alpha value is -3.54. The van der Waals surface area contributed by atoms with Gasteiger partial charge in [-0.05, 0) is 32.4 Å². The van der Waals surface area contributed by atoms with Crippen LogP contribution in [0.15, 0.2) is 60.7 Å². The Kier molecular flexibility index (Phi) is 6.34. The second-order valence-corrected chi connectivity index (χ2v) is 6.87. The lowest BCUT2D eigenvalue weighted by molar-refractivity contribution is 0.0933. The van der Waals surface area contributed by atoms with Crippen molar-refractivity contribution in [3.8, 4) is 11.4 Å². The number of benzene rings is 2. The molecule has 0 aliphatic heterocycles. The molecular formula is C23H24N4O2. The van der Waals surface area contributed by atoms with Crippen LogP contribution >= 0.6 is 0 Å². The van der Waals surface area contributed by atoms with E-state index in [4.69, 9.17) is 0 Å². The highest BCUT2D eigenvalue weighted by Crippen LogP contribution is 2.21. The first kappa shape index (κ1) is 20.2. The van der Waals surface area contributed by atoms with Gasteiger partial charge in [-0.25, -0.2) is 9.97 Å². The molecule has 148 valence electrons. The van der Waals surface area contributed by atoms with E-state index in [1.165, 1.54) is 6.92 Å². The SMILES string of the molecule is CCC(C)NC(=O)c1cc(Nc2cccc(C(C)=O)c2)nc(-c2ccccc2)n1. The first-order valence-electron chi connectivity index (χ1n) is 9.59. The smallest absolute Gasteiger partial charge is 0.270 e. The zero-order valence-electron chi connectivity index (χ0n) is 16.8. The Bertz CT molecular complexity index is 1020. The number of hydrogen-bond acceptors (Lipinski definition) is 5. The Labute approximate surface area is 170 Å². The molecule has 0 radical (unpaired) electrons. The van der Waals surface area contributed by atoms with Gasteiger partial charge in [0.05, 0.1) is 0 Å². The molecule has 29 heavy (non-hydrogen) atoms. The average Bonchev–Trinajstić information content (AvgIpc) is 2.74. The van der Waals surface area contributed by atoms with Crippen molar-refractivity contribution in [1.82, 2.24) is 15.3 Å². The Balaban J connectivity index is 1.99. The van der Waals surface area contributed by atoms with Crippen LogP contribution in [-0.4, -0.2) is 27.7 Å². The van der Waals surface area contributed by atoms with Gasteiger partial charge in [-0.15, -0.1) is 0 Å². The molecule has 2 aromatic carbocycles. The molecule has 0 aliphatic rings. The van der Waals surface area contributed by atoms with Gasteiger partial charge in [0.25, 0.3) is 5.91 Å². The maximum atomic E-state index is 12.7. The summed E-state index contributed by atoms with van der Waals surface area (Å²) in [7, 11) is 0. The molecule has 0 fully saturated rings. The molecule has 6 heteroatoms. The maximum Gasteiger partial charge on any atom is 0.270 e. The molecule has 1 aromatic heterocycles. The van der Waals surface area contributed by atoms with E-state index in [2.05, 4.69) is 20.6 Å². The molecule has 1 amide bonds. The van der Waals surface area contributed by atoms with Crippen molar-refractivity contribution < 1.29 is 9.59 Å². The molecule has 3 rings (SSSR count). The molecule has 6 nitrogen and oxygen atoms in total. The number of nitrogens with one attached hydrogen (secondary N) is 2. The fraction of sp³-hybridized carbons (Fsp3) is 0.217. The van der Waals surface area contributed by atoms with Gasteiger partial charge in [-0.1, -0.05) is 49.4 Å². The summed E-state index contributed by atoms with van der Waals surface area (Å²) in [6.45, 7) is 5.48. The predicted molar refractivity (Wildman–Crippen MR) is 114 cm³/mol. The minimum Gasteiger partial charge on any atom is -0.348 e. The standard InChI is InChI=1S/C23H24N4O2/c1-4-15(2)24-23(29)20-14-21(25-19-12-8-11-18(13-19)16(3)28)27-22(26-20)17-9-6-5-7-10-17/h5-15H,4H2,1-3H3,(H,24,29)(H,25,26,27). The van der Waals surface area contributed by atoms with Crippen LogP contribution in [0.1, 0.15) is 48.0 Å². The molecular weight excluding hydrogens is 364 g/mol. The summed E-state index contributed by atoms with van der Waals surface area (Å²) in [6.07, 6.45) is 0.825. The van der Waals surface area contributed by atoms with Crippen LogP contribution in [0.25, 0.3) is 11.4 Å². The third-order valence-electron chi connectivity index (χ3n) is 4.52. The molecule has 2 N–H and O–H groups in total. The van der Waals surface area contributed by atoms with Gasteiger partial charge in [-0.2, -0.15) is 0 Å². The molecule has 0 bridgehead atoms. The third kappa shape index (κ3) is 5.25. The number of ketones is 1. The van der Waals surface area contributed by atoms with E-state index in [0.29, 0.717) is 22.9 Å². The van der Waals surface area contributed by atoms with Crippen molar-refractivity contribution in [3.63, 3.8) is 0 Å². The number of Topliss-reactive ketones (excluding diaryl/α,β-unsaturated/α-hetero) is 1. The summed E-state index contributed by atoms with van der Waals surface area (Å²) >= 11 is 0. The average molecular weight is 388 g/mol. The van der Waals surface area contributed by atoms with E-state index in [1.54, 1.807) is 24.3 Å². The zero-order chi connectivity index (χ0) is 20.8. The summed E-state index contributed by atoms with van der Waals surface area (Å²) < 4.78 is 0. The zero-order valence-corrected chi connectivity index (χ0v) is 16.8. The van der Waals surface area contributed by atoms with E-state index < -0.39 is 0 Å². The van der Waals surface area contributed by atoms with E-state index in [-0.39, 0.29) is 23.4 Å². The summed E-state index contributed by atoms with van der Waals surface area (Å²) in [4.78, 5) is 33.4. The summed E-state index contributed by atoms with van der Waals surface area (Å²) in [5.74, 6) is 0.663.